The molecule has 1 amide bonds. The molecule has 1 aromatic carbocycles. The van der Waals surface area contributed by atoms with Crippen molar-refractivity contribution in [2.75, 3.05) is 18.4 Å². The zero-order valence-electron chi connectivity index (χ0n) is 12.9. The van der Waals surface area contributed by atoms with Gasteiger partial charge in [-0.3, -0.25) is 4.79 Å². The average molecular weight is 336 g/mol. The zero-order valence-corrected chi connectivity index (χ0v) is 12.9. The van der Waals surface area contributed by atoms with Gasteiger partial charge in [0.15, 0.2) is 17.5 Å². The SMILES string of the molecule is Cc1cc(C(=O)N2CCCC2)nc(Nc2ccc(F)c(F)c2F)n1. The van der Waals surface area contributed by atoms with Crippen LogP contribution in [0.15, 0.2) is 18.2 Å². The third-order valence-corrected chi connectivity index (χ3v) is 3.75. The van der Waals surface area contributed by atoms with E-state index in [1.54, 1.807) is 11.8 Å². The molecule has 1 saturated heterocycles. The molecule has 8 heteroatoms. The molecule has 0 bridgehead atoms. The Hall–Kier alpha value is -2.64. The molecule has 5 nitrogen and oxygen atoms in total. The number of amides is 1. The van der Waals surface area contributed by atoms with E-state index in [4.69, 9.17) is 0 Å². The standard InChI is InChI=1S/C16H15F3N4O/c1-9-8-12(15(24)23-6-2-3-7-23)22-16(20-9)21-11-5-4-10(17)13(18)14(11)19/h4-5,8H,2-3,6-7H2,1H3,(H,20,21,22). The van der Waals surface area contributed by atoms with Gasteiger partial charge in [-0.1, -0.05) is 0 Å². The van der Waals surface area contributed by atoms with Crippen molar-refractivity contribution in [1.29, 1.82) is 0 Å². The maximum absolute atomic E-state index is 13.7. The highest BCUT2D eigenvalue weighted by Gasteiger charge is 2.22. The Bertz CT molecular complexity index is 791. The molecule has 1 aliphatic heterocycles. The second-order valence-electron chi connectivity index (χ2n) is 5.57. The Morgan fingerprint density at radius 3 is 2.54 bits per heavy atom. The van der Waals surface area contributed by atoms with Crippen LogP contribution in [-0.4, -0.2) is 33.9 Å². The van der Waals surface area contributed by atoms with E-state index in [2.05, 4.69) is 15.3 Å². The number of likely N-dealkylation sites (tertiary alicyclic amines) is 1. The van der Waals surface area contributed by atoms with Crippen LogP contribution in [0.2, 0.25) is 0 Å². The molecule has 3 rings (SSSR count). The predicted octanol–water partition coefficient (Wildman–Crippen LogP) is 3.18. The van der Waals surface area contributed by atoms with E-state index in [1.165, 1.54) is 6.07 Å². The monoisotopic (exact) mass is 336 g/mol. The summed E-state index contributed by atoms with van der Waals surface area (Å²) in [5, 5.41) is 2.49. The number of aromatic nitrogens is 2. The van der Waals surface area contributed by atoms with Crippen LogP contribution in [0.1, 0.15) is 29.0 Å². The van der Waals surface area contributed by atoms with E-state index in [1.807, 2.05) is 0 Å². The number of halogens is 3. The first kappa shape index (κ1) is 16.2. The number of nitrogens with one attached hydrogen (secondary N) is 1. The number of hydrogen-bond donors (Lipinski definition) is 1. The molecule has 1 fully saturated rings. The summed E-state index contributed by atoms with van der Waals surface area (Å²) in [6.07, 6.45) is 1.89. The summed E-state index contributed by atoms with van der Waals surface area (Å²) >= 11 is 0. The summed E-state index contributed by atoms with van der Waals surface area (Å²) < 4.78 is 40.0. The van der Waals surface area contributed by atoms with E-state index >= 15 is 0 Å². The fourth-order valence-electron chi connectivity index (χ4n) is 2.56. The summed E-state index contributed by atoms with van der Waals surface area (Å²) in [7, 11) is 0. The van der Waals surface area contributed by atoms with Crippen LogP contribution in [0, 0.1) is 24.4 Å². The number of aryl methyl sites for hydroxylation is 1. The minimum Gasteiger partial charge on any atom is -0.337 e. The number of anilines is 2. The van der Waals surface area contributed by atoms with E-state index in [-0.39, 0.29) is 23.2 Å². The number of carbonyl (C=O) groups excluding carboxylic acids is 1. The molecule has 0 radical (unpaired) electrons. The van der Waals surface area contributed by atoms with Gasteiger partial charge in [-0.05, 0) is 38.0 Å². The normalized spacial score (nSPS) is 14.1. The van der Waals surface area contributed by atoms with Crippen molar-refractivity contribution in [3.8, 4) is 0 Å². The minimum absolute atomic E-state index is 0.0533. The van der Waals surface area contributed by atoms with Gasteiger partial charge in [0.2, 0.25) is 5.95 Å². The lowest BCUT2D eigenvalue weighted by atomic mass is 10.2. The number of nitrogens with zero attached hydrogens (tertiary/aromatic N) is 3. The molecule has 1 N–H and O–H groups in total. The zero-order chi connectivity index (χ0) is 17.3. The van der Waals surface area contributed by atoms with Crippen molar-refractivity contribution >= 4 is 17.5 Å². The second kappa shape index (κ2) is 6.46. The first-order valence-corrected chi connectivity index (χ1v) is 7.51. The third kappa shape index (κ3) is 3.17. The molecule has 2 aromatic rings. The van der Waals surface area contributed by atoms with Crippen LogP contribution in [0.25, 0.3) is 0 Å². The van der Waals surface area contributed by atoms with E-state index in [0.29, 0.717) is 18.8 Å². The summed E-state index contributed by atoms with van der Waals surface area (Å²) in [6.45, 7) is 3.00. The first-order valence-electron chi connectivity index (χ1n) is 7.51. The number of hydrogen-bond acceptors (Lipinski definition) is 4. The molecular formula is C16H15F3N4O. The highest BCUT2D eigenvalue weighted by Crippen LogP contribution is 2.22. The lowest BCUT2D eigenvalue weighted by molar-refractivity contribution is 0.0787. The minimum atomic E-state index is -1.58. The fourth-order valence-corrected chi connectivity index (χ4v) is 2.56. The van der Waals surface area contributed by atoms with Crippen molar-refractivity contribution in [1.82, 2.24) is 14.9 Å². The Balaban J connectivity index is 1.89. The van der Waals surface area contributed by atoms with Gasteiger partial charge in [-0.15, -0.1) is 0 Å². The second-order valence-corrected chi connectivity index (χ2v) is 5.57. The van der Waals surface area contributed by atoms with Crippen molar-refractivity contribution in [2.24, 2.45) is 0 Å². The van der Waals surface area contributed by atoms with Gasteiger partial charge in [-0.2, -0.15) is 0 Å². The molecule has 126 valence electrons. The summed E-state index contributed by atoms with van der Waals surface area (Å²) in [4.78, 5) is 22.2. The smallest absolute Gasteiger partial charge is 0.272 e. The molecule has 1 aromatic heterocycles. The third-order valence-electron chi connectivity index (χ3n) is 3.75. The molecule has 0 unspecified atom stereocenters. The molecule has 1 aliphatic rings. The molecule has 0 atom stereocenters. The van der Waals surface area contributed by atoms with Crippen LogP contribution in [-0.2, 0) is 0 Å². The van der Waals surface area contributed by atoms with Gasteiger partial charge in [0.25, 0.3) is 5.91 Å². The summed E-state index contributed by atoms with van der Waals surface area (Å²) in [5.74, 6) is -4.52. The lowest BCUT2D eigenvalue weighted by Gasteiger charge is -2.15. The number of rotatable bonds is 3. The Kier molecular flexibility index (Phi) is 4.37. The highest BCUT2D eigenvalue weighted by atomic mass is 19.2. The highest BCUT2D eigenvalue weighted by molar-refractivity contribution is 5.92. The van der Waals surface area contributed by atoms with Crippen LogP contribution in [0.3, 0.4) is 0 Å². The Morgan fingerprint density at radius 1 is 1.12 bits per heavy atom. The maximum atomic E-state index is 13.7. The topological polar surface area (TPSA) is 58.1 Å². The quantitative estimate of drug-likeness (QED) is 0.875. The van der Waals surface area contributed by atoms with Gasteiger partial charge < -0.3 is 10.2 Å². The van der Waals surface area contributed by atoms with Crippen molar-refractivity contribution in [2.45, 2.75) is 19.8 Å². The summed E-state index contributed by atoms with van der Waals surface area (Å²) in [6, 6.07) is 3.38. The molecule has 0 saturated carbocycles. The first-order chi connectivity index (χ1) is 11.5. The van der Waals surface area contributed by atoms with Crippen molar-refractivity contribution in [3.63, 3.8) is 0 Å². The van der Waals surface area contributed by atoms with Gasteiger partial charge in [-0.25, -0.2) is 23.1 Å². The number of benzene rings is 1. The van der Waals surface area contributed by atoms with Gasteiger partial charge in [0.1, 0.15) is 5.69 Å². The van der Waals surface area contributed by atoms with Gasteiger partial charge in [0.05, 0.1) is 5.69 Å². The van der Waals surface area contributed by atoms with Crippen molar-refractivity contribution < 1.29 is 18.0 Å². The van der Waals surface area contributed by atoms with Crippen LogP contribution >= 0.6 is 0 Å². The van der Waals surface area contributed by atoms with Crippen molar-refractivity contribution in [3.05, 3.63) is 47.0 Å². The predicted molar refractivity (Wildman–Crippen MR) is 81.5 cm³/mol. The van der Waals surface area contributed by atoms with E-state index < -0.39 is 17.5 Å². The number of carbonyl (C=O) groups is 1. The molecule has 0 spiro atoms. The van der Waals surface area contributed by atoms with E-state index in [9.17, 15) is 18.0 Å². The average Bonchev–Trinajstić information content (AvgIpc) is 3.09. The largest absolute Gasteiger partial charge is 0.337 e. The molecular weight excluding hydrogens is 321 g/mol. The fraction of sp³-hybridized carbons (Fsp3) is 0.312. The summed E-state index contributed by atoms with van der Waals surface area (Å²) in [5.41, 5.74) is 0.368. The van der Waals surface area contributed by atoms with Crippen LogP contribution in [0.5, 0.6) is 0 Å². The maximum Gasteiger partial charge on any atom is 0.272 e. The van der Waals surface area contributed by atoms with Crippen LogP contribution < -0.4 is 5.32 Å². The molecule has 2 heterocycles. The van der Waals surface area contributed by atoms with E-state index in [0.717, 1.165) is 25.0 Å². The van der Waals surface area contributed by atoms with Gasteiger partial charge in [0, 0.05) is 18.8 Å². The van der Waals surface area contributed by atoms with Gasteiger partial charge >= 0.3 is 0 Å². The molecule has 24 heavy (non-hydrogen) atoms. The van der Waals surface area contributed by atoms with Crippen LogP contribution in [0.4, 0.5) is 24.8 Å². The Labute approximate surface area is 136 Å². The lowest BCUT2D eigenvalue weighted by Crippen LogP contribution is -2.28. The Morgan fingerprint density at radius 2 is 1.83 bits per heavy atom. The molecule has 0 aliphatic carbocycles.